The molecular formula is C11H16N4O2. The predicted octanol–water partition coefficient (Wildman–Crippen LogP) is -0.0843. The normalized spacial score (nSPS) is 9.71. The first-order valence-corrected chi connectivity index (χ1v) is 5.24. The lowest BCUT2D eigenvalue weighted by Gasteiger charge is -2.09. The molecule has 0 aliphatic rings. The fourth-order valence-electron chi connectivity index (χ4n) is 1.30. The number of rotatable bonds is 5. The van der Waals surface area contributed by atoms with Gasteiger partial charge in [0.05, 0.1) is 17.9 Å². The predicted molar refractivity (Wildman–Crippen MR) is 66.5 cm³/mol. The van der Waals surface area contributed by atoms with Gasteiger partial charge < -0.3 is 22.1 Å². The van der Waals surface area contributed by atoms with E-state index < -0.39 is 5.91 Å². The molecular weight excluding hydrogens is 220 g/mol. The second kappa shape index (κ2) is 5.74. The lowest BCUT2D eigenvalue weighted by atomic mass is 10.1. The van der Waals surface area contributed by atoms with Crippen LogP contribution >= 0.6 is 0 Å². The van der Waals surface area contributed by atoms with E-state index in [1.54, 1.807) is 18.2 Å². The highest BCUT2D eigenvalue weighted by Gasteiger charge is 2.07. The molecule has 2 amide bonds. The zero-order valence-electron chi connectivity index (χ0n) is 9.62. The lowest BCUT2D eigenvalue weighted by Crippen LogP contribution is -2.24. The number of amides is 2. The highest BCUT2D eigenvalue weighted by atomic mass is 16.2. The maximum Gasteiger partial charge on any atom is 0.251 e. The van der Waals surface area contributed by atoms with Crippen LogP contribution in [0.15, 0.2) is 18.2 Å². The number of nitrogens with two attached hydrogens (primary N) is 2. The van der Waals surface area contributed by atoms with Crippen LogP contribution in [-0.4, -0.2) is 24.9 Å². The molecule has 0 aliphatic heterocycles. The van der Waals surface area contributed by atoms with Gasteiger partial charge in [0.15, 0.2) is 0 Å². The van der Waals surface area contributed by atoms with Crippen LogP contribution in [-0.2, 0) is 4.79 Å². The minimum absolute atomic E-state index is 0.0248. The van der Waals surface area contributed by atoms with Crippen LogP contribution in [0.2, 0.25) is 0 Å². The van der Waals surface area contributed by atoms with Gasteiger partial charge in [0, 0.05) is 12.1 Å². The van der Waals surface area contributed by atoms with Crippen molar-refractivity contribution in [2.45, 2.75) is 6.92 Å². The Bertz CT molecular complexity index is 431. The van der Waals surface area contributed by atoms with Gasteiger partial charge in [-0.25, -0.2) is 0 Å². The maximum atomic E-state index is 11.6. The standard InChI is InChI=1S/C11H16N4O2/c1-2-14-11(17)7-3-4-8(12)9(5-7)15-6-10(13)16/h3-5,15H,2,6,12H2,1H3,(H2,13,16)(H,14,17). The minimum Gasteiger partial charge on any atom is -0.397 e. The van der Waals surface area contributed by atoms with Gasteiger partial charge in [0.25, 0.3) is 5.91 Å². The number of primary amides is 1. The monoisotopic (exact) mass is 236 g/mol. The Balaban J connectivity index is 2.86. The second-order valence-corrected chi connectivity index (χ2v) is 3.48. The first kappa shape index (κ1) is 12.8. The molecule has 0 fully saturated rings. The van der Waals surface area contributed by atoms with E-state index in [0.29, 0.717) is 23.5 Å². The van der Waals surface area contributed by atoms with Crippen molar-refractivity contribution < 1.29 is 9.59 Å². The Morgan fingerprint density at radius 2 is 2.06 bits per heavy atom. The van der Waals surface area contributed by atoms with E-state index in [0.717, 1.165) is 0 Å². The van der Waals surface area contributed by atoms with E-state index in [4.69, 9.17) is 11.5 Å². The Labute approximate surface area is 99.4 Å². The van der Waals surface area contributed by atoms with Gasteiger partial charge in [-0.3, -0.25) is 9.59 Å². The van der Waals surface area contributed by atoms with Crippen LogP contribution in [0, 0.1) is 0 Å². The molecule has 0 heterocycles. The number of hydrogen-bond acceptors (Lipinski definition) is 4. The molecule has 0 unspecified atom stereocenters. The molecule has 0 atom stereocenters. The topological polar surface area (TPSA) is 110 Å². The number of anilines is 2. The summed E-state index contributed by atoms with van der Waals surface area (Å²) in [4.78, 5) is 22.2. The lowest BCUT2D eigenvalue weighted by molar-refractivity contribution is -0.116. The molecule has 0 bridgehead atoms. The van der Waals surface area contributed by atoms with Gasteiger partial charge in [-0.1, -0.05) is 0 Å². The Hall–Kier alpha value is -2.24. The fraction of sp³-hybridized carbons (Fsp3) is 0.273. The van der Waals surface area contributed by atoms with Crippen molar-refractivity contribution in [2.75, 3.05) is 24.1 Å². The van der Waals surface area contributed by atoms with Gasteiger partial charge in [-0.2, -0.15) is 0 Å². The number of carbonyl (C=O) groups excluding carboxylic acids is 2. The van der Waals surface area contributed by atoms with Gasteiger partial charge in [0.1, 0.15) is 0 Å². The number of carbonyl (C=O) groups is 2. The van der Waals surface area contributed by atoms with Crippen molar-refractivity contribution in [1.82, 2.24) is 5.32 Å². The maximum absolute atomic E-state index is 11.6. The summed E-state index contributed by atoms with van der Waals surface area (Å²) in [6, 6.07) is 4.81. The number of hydrogen-bond donors (Lipinski definition) is 4. The van der Waals surface area contributed by atoms with Crippen molar-refractivity contribution in [3.05, 3.63) is 23.8 Å². The molecule has 0 radical (unpaired) electrons. The van der Waals surface area contributed by atoms with Crippen LogP contribution in [0.1, 0.15) is 17.3 Å². The van der Waals surface area contributed by atoms with Crippen molar-refractivity contribution >= 4 is 23.2 Å². The van der Waals surface area contributed by atoms with Crippen LogP contribution in [0.5, 0.6) is 0 Å². The highest BCUT2D eigenvalue weighted by molar-refractivity contribution is 5.96. The van der Waals surface area contributed by atoms with E-state index in [1.807, 2.05) is 6.92 Å². The molecule has 6 N–H and O–H groups in total. The fourth-order valence-corrected chi connectivity index (χ4v) is 1.30. The third-order valence-corrected chi connectivity index (χ3v) is 2.11. The van der Waals surface area contributed by atoms with Crippen LogP contribution in [0.4, 0.5) is 11.4 Å². The molecule has 0 aliphatic carbocycles. The van der Waals surface area contributed by atoms with Gasteiger partial charge in [-0.15, -0.1) is 0 Å². The first-order chi connectivity index (χ1) is 8.04. The molecule has 92 valence electrons. The largest absolute Gasteiger partial charge is 0.397 e. The molecule has 0 aromatic heterocycles. The number of nitrogens with one attached hydrogen (secondary N) is 2. The van der Waals surface area contributed by atoms with E-state index in [2.05, 4.69) is 10.6 Å². The summed E-state index contributed by atoms with van der Waals surface area (Å²) in [5, 5.41) is 5.44. The Morgan fingerprint density at radius 3 is 2.65 bits per heavy atom. The summed E-state index contributed by atoms with van der Waals surface area (Å²) in [6.07, 6.45) is 0. The molecule has 1 rings (SSSR count). The van der Waals surface area contributed by atoms with E-state index >= 15 is 0 Å². The molecule has 1 aromatic rings. The summed E-state index contributed by atoms with van der Waals surface area (Å²) in [5.74, 6) is -0.678. The quantitative estimate of drug-likeness (QED) is 0.536. The van der Waals surface area contributed by atoms with Crippen molar-refractivity contribution in [3.63, 3.8) is 0 Å². The summed E-state index contributed by atoms with van der Waals surface area (Å²) >= 11 is 0. The molecule has 6 heteroatoms. The highest BCUT2D eigenvalue weighted by Crippen LogP contribution is 2.19. The van der Waals surface area contributed by atoms with Crippen molar-refractivity contribution in [3.8, 4) is 0 Å². The van der Waals surface area contributed by atoms with Crippen molar-refractivity contribution in [2.24, 2.45) is 5.73 Å². The number of benzene rings is 1. The number of nitrogen functional groups attached to an aromatic ring is 1. The third-order valence-electron chi connectivity index (χ3n) is 2.11. The molecule has 6 nitrogen and oxygen atoms in total. The Morgan fingerprint density at radius 1 is 1.35 bits per heavy atom. The average molecular weight is 236 g/mol. The van der Waals surface area contributed by atoms with Gasteiger partial charge in [-0.05, 0) is 25.1 Å². The summed E-state index contributed by atoms with van der Waals surface area (Å²) in [5.41, 5.74) is 12.2. The first-order valence-electron chi connectivity index (χ1n) is 5.24. The second-order valence-electron chi connectivity index (χ2n) is 3.48. The molecule has 0 saturated heterocycles. The minimum atomic E-state index is -0.493. The third kappa shape index (κ3) is 3.67. The summed E-state index contributed by atoms with van der Waals surface area (Å²) in [7, 11) is 0. The molecule has 1 aromatic carbocycles. The smallest absolute Gasteiger partial charge is 0.251 e. The SMILES string of the molecule is CCNC(=O)c1ccc(N)c(NCC(N)=O)c1. The van der Waals surface area contributed by atoms with Gasteiger partial charge in [0.2, 0.25) is 5.91 Å². The summed E-state index contributed by atoms with van der Waals surface area (Å²) < 4.78 is 0. The summed E-state index contributed by atoms with van der Waals surface area (Å²) in [6.45, 7) is 2.36. The molecule has 0 spiro atoms. The molecule has 17 heavy (non-hydrogen) atoms. The zero-order valence-corrected chi connectivity index (χ0v) is 9.62. The van der Waals surface area contributed by atoms with Gasteiger partial charge >= 0.3 is 0 Å². The Kier molecular flexibility index (Phi) is 4.33. The van der Waals surface area contributed by atoms with Crippen LogP contribution in [0.3, 0.4) is 0 Å². The molecule has 0 saturated carbocycles. The van der Waals surface area contributed by atoms with E-state index in [1.165, 1.54) is 0 Å². The zero-order chi connectivity index (χ0) is 12.8. The van der Waals surface area contributed by atoms with Crippen LogP contribution in [0.25, 0.3) is 0 Å². The van der Waals surface area contributed by atoms with Crippen molar-refractivity contribution in [1.29, 1.82) is 0 Å². The van der Waals surface area contributed by atoms with E-state index in [-0.39, 0.29) is 12.5 Å². The van der Waals surface area contributed by atoms with Crippen LogP contribution < -0.4 is 22.1 Å². The average Bonchev–Trinajstić information content (AvgIpc) is 2.28. The van der Waals surface area contributed by atoms with E-state index in [9.17, 15) is 9.59 Å².